The third-order valence-corrected chi connectivity index (χ3v) is 3.69. The quantitative estimate of drug-likeness (QED) is 0.635. The monoisotopic (exact) mass is 237 g/mol. The van der Waals surface area contributed by atoms with Crippen LogP contribution in [0.15, 0.2) is 17.1 Å². The van der Waals surface area contributed by atoms with Crippen molar-refractivity contribution in [3.8, 4) is 5.75 Å². The summed E-state index contributed by atoms with van der Waals surface area (Å²) in [5.41, 5.74) is 0.871. The van der Waals surface area contributed by atoms with Gasteiger partial charge < -0.3 is 5.11 Å². The zero-order valence-electron chi connectivity index (χ0n) is 8.96. The molecule has 1 aromatic rings. The molecule has 4 heteroatoms. The molecule has 1 aromatic carbocycles. The fraction of sp³-hybridized carbons (Fsp3) is 0.417. The second kappa shape index (κ2) is 3.93. The first kappa shape index (κ1) is 11.2. The van der Waals surface area contributed by atoms with E-state index >= 15 is 0 Å². The number of aliphatic imine (C=N–C) groups is 1. The fourth-order valence-corrected chi connectivity index (χ4v) is 2.43. The Balaban J connectivity index is 2.62. The van der Waals surface area contributed by atoms with E-state index in [0.29, 0.717) is 10.6 Å². The van der Waals surface area contributed by atoms with Gasteiger partial charge in [-0.15, -0.1) is 0 Å². The molecule has 0 saturated heterocycles. The number of hydrogen-bond acceptors (Lipinski definition) is 3. The van der Waals surface area contributed by atoms with Crippen molar-refractivity contribution in [1.82, 2.24) is 0 Å². The number of benzene rings is 1. The number of rotatable bonds is 2. The second-order valence-electron chi connectivity index (χ2n) is 4.15. The molecule has 3 nitrogen and oxygen atoms in total. The highest BCUT2D eigenvalue weighted by atomic mass is 35.5. The van der Waals surface area contributed by atoms with Gasteiger partial charge in [0, 0.05) is 10.6 Å². The lowest BCUT2D eigenvalue weighted by Gasteiger charge is -2.38. The van der Waals surface area contributed by atoms with Crippen LogP contribution in [-0.2, 0) is 10.3 Å². The molecule has 0 unspecified atom stereocenters. The van der Waals surface area contributed by atoms with Gasteiger partial charge in [-0.05, 0) is 43.9 Å². The van der Waals surface area contributed by atoms with Crippen molar-refractivity contribution in [2.45, 2.75) is 31.7 Å². The second-order valence-corrected chi connectivity index (χ2v) is 4.56. The van der Waals surface area contributed by atoms with Crippen LogP contribution in [0, 0.1) is 6.92 Å². The van der Waals surface area contributed by atoms with Crippen LogP contribution in [-0.4, -0.2) is 11.2 Å². The molecule has 0 aromatic heterocycles. The van der Waals surface area contributed by atoms with Gasteiger partial charge in [-0.3, -0.25) is 0 Å². The largest absolute Gasteiger partial charge is 0.508 e. The summed E-state index contributed by atoms with van der Waals surface area (Å²) in [5.74, 6) is 0.153. The van der Waals surface area contributed by atoms with Gasteiger partial charge in [-0.2, -0.15) is 4.99 Å². The topological polar surface area (TPSA) is 49.7 Å². The maximum atomic E-state index is 10.5. The van der Waals surface area contributed by atoms with E-state index in [1.807, 2.05) is 6.92 Å². The Bertz CT molecular complexity index is 474. The van der Waals surface area contributed by atoms with Crippen molar-refractivity contribution in [3.63, 3.8) is 0 Å². The summed E-state index contributed by atoms with van der Waals surface area (Å²) in [6.07, 6.45) is 4.12. The summed E-state index contributed by atoms with van der Waals surface area (Å²) in [5, 5.41) is 10.5. The van der Waals surface area contributed by atoms with Crippen molar-refractivity contribution >= 4 is 17.7 Å². The number of carbonyl (C=O) groups excluding carboxylic acids is 1. The molecule has 0 spiro atoms. The summed E-state index contributed by atoms with van der Waals surface area (Å²) < 4.78 is 0. The minimum Gasteiger partial charge on any atom is -0.508 e. The molecule has 0 bridgehead atoms. The number of phenolic OH excluding ortho intramolecular Hbond substituents is 1. The van der Waals surface area contributed by atoms with Crippen LogP contribution in [0.4, 0.5) is 0 Å². The fourth-order valence-electron chi connectivity index (χ4n) is 2.28. The molecule has 2 rings (SSSR count). The van der Waals surface area contributed by atoms with Gasteiger partial charge in [0.2, 0.25) is 6.08 Å². The van der Waals surface area contributed by atoms with E-state index in [2.05, 4.69) is 4.99 Å². The van der Waals surface area contributed by atoms with Gasteiger partial charge in [0.05, 0.1) is 0 Å². The number of phenols is 1. The Labute approximate surface area is 98.8 Å². The van der Waals surface area contributed by atoms with Crippen molar-refractivity contribution in [2.75, 3.05) is 0 Å². The molecular formula is C12H12ClNO2. The zero-order valence-corrected chi connectivity index (χ0v) is 9.71. The molecule has 84 valence electrons. The summed E-state index contributed by atoms with van der Waals surface area (Å²) in [4.78, 5) is 14.4. The van der Waals surface area contributed by atoms with Crippen LogP contribution in [0.1, 0.15) is 30.4 Å². The number of aromatic hydroxyl groups is 1. The molecule has 16 heavy (non-hydrogen) atoms. The molecule has 1 aliphatic carbocycles. The molecule has 0 aliphatic heterocycles. The lowest BCUT2D eigenvalue weighted by atomic mass is 9.70. The minimum atomic E-state index is -0.596. The predicted octanol–water partition coefficient (Wildman–Crippen LogP) is 3.07. The van der Waals surface area contributed by atoms with E-state index in [4.69, 9.17) is 11.6 Å². The maximum absolute atomic E-state index is 10.5. The zero-order chi connectivity index (χ0) is 11.8. The molecule has 1 N–H and O–H groups in total. The number of isocyanates is 1. The first-order valence-corrected chi connectivity index (χ1v) is 5.56. The number of halogens is 1. The van der Waals surface area contributed by atoms with Crippen molar-refractivity contribution in [3.05, 3.63) is 28.3 Å². The average molecular weight is 238 g/mol. The Morgan fingerprint density at radius 3 is 2.69 bits per heavy atom. The molecule has 0 atom stereocenters. The predicted molar refractivity (Wildman–Crippen MR) is 61.5 cm³/mol. The van der Waals surface area contributed by atoms with Crippen LogP contribution in [0.5, 0.6) is 5.75 Å². The normalized spacial score (nSPS) is 17.4. The van der Waals surface area contributed by atoms with Gasteiger partial charge in [0.1, 0.15) is 11.3 Å². The highest BCUT2D eigenvalue weighted by Gasteiger charge is 2.42. The molecule has 0 heterocycles. The van der Waals surface area contributed by atoms with E-state index < -0.39 is 5.54 Å². The van der Waals surface area contributed by atoms with Crippen molar-refractivity contribution in [1.29, 1.82) is 0 Å². The molecule has 1 aliphatic rings. The molecule has 0 amide bonds. The van der Waals surface area contributed by atoms with Gasteiger partial charge in [-0.1, -0.05) is 11.6 Å². The lowest BCUT2D eigenvalue weighted by Crippen LogP contribution is -2.32. The molecule has 1 saturated carbocycles. The Morgan fingerprint density at radius 1 is 1.50 bits per heavy atom. The number of hydrogen-bond donors (Lipinski definition) is 1. The summed E-state index contributed by atoms with van der Waals surface area (Å²) in [6, 6.07) is 3.19. The Kier molecular flexibility index (Phi) is 2.75. The van der Waals surface area contributed by atoms with Gasteiger partial charge in [0.15, 0.2) is 0 Å². The third-order valence-electron chi connectivity index (χ3n) is 3.28. The van der Waals surface area contributed by atoms with Crippen LogP contribution in [0.3, 0.4) is 0 Å². The van der Waals surface area contributed by atoms with E-state index in [1.54, 1.807) is 18.2 Å². The maximum Gasteiger partial charge on any atom is 0.235 e. The molecular weight excluding hydrogens is 226 g/mol. The van der Waals surface area contributed by atoms with Crippen LogP contribution < -0.4 is 0 Å². The Hall–Kier alpha value is -1.31. The standard InChI is InChI=1S/C12H12ClNO2/c1-8-9(13)3-4-10(16)11(8)12(14-7-15)5-2-6-12/h3-4,16H,2,5-6H2,1H3. The summed E-state index contributed by atoms with van der Waals surface area (Å²) >= 11 is 6.02. The van der Waals surface area contributed by atoms with Crippen LogP contribution >= 0.6 is 11.6 Å². The van der Waals surface area contributed by atoms with Crippen molar-refractivity contribution < 1.29 is 9.90 Å². The first-order valence-electron chi connectivity index (χ1n) is 5.18. The van der Waals surface area contributed by atoms with E-state index in [-0.39, 0.29) is 5.75 Å². The third kappa shape index (κ3) is 1.53. The summed E-state index contributed by atoms with van der Waals surface area (Å²) in [6.45, 7) is 1.83. The van der Waals surface area contributed by atoms with Gasteiger partial charge >= 0.3 is 0 Å². The van der Waals surface area contributed by atoms with Gasteiger partial charge in [0.25, 0.3) is 0 Å². The molecule has 0 radical (unpaired) electrons. The van der Waals surface area contributed by atoms with E-state index in [9.17, 15) is 9.90 Å². The highest BCUT2D eigenvalue weighted by Crippen LogP contribution is 2.50. The highest BCUT2D eigenvalue weighted by molar-refractivity contribution is 6.31. The van der Waals surface area contributed by atoms with E-state index in [0.717, 1.165) is 24.8 Å². The van der Waals surface area contributed by atoms with E-state index in [1.165, 1.54) is 0 Å². The number of nitrogens with zero attached hydrogens (tertiary/aromatic N) is 1. The van der Waals surface area contributed by atoms with Gasteiger partial charge in [-0.25, -0.2) is 4.79 Å². The Morgan fingerprint density at radius 2 is 2.19 bits per heavy atom. The summed E-state index contributed by atoms with van der Waals surface area (Å²) in [7, 11) is 0. The SMILES string of the molecule is Cc1c(Cl)ccc(O)c1C1(N=C=O)CCC1. The molecule has 1 fully saturated rings. The van der Waals surface area contributed by atoms with Crippen LogP contribution in [0.25, 0.3) is 0 Å². The smallest absolute Gasteiger partial charge is 0.235 e. The van der Waals surface area contributed by atoms with Crippen LogP contribution in [0.2, 0.25) is 5.02 Å². The minimum absolute atomic E-state index is 0.153. The average Bonchev–Trinajstić information content (AvgIpc) is 2.20. The van der Waals surface area contributed by atoms with Crippen molar-refractivity contribution in [2.24, 2.45) is 4.99 Å². The first-order chi connectivity index (χ1) is 7.60. The lowest BCUT2D eigenvalue weighted by molar-refractivity contribution is 0.246.